The maximum atomic E-state index is 13.6. The van der Waals surface area contributed by atoms with Gasteiger partial charge in [0.25, 0.3) is 5.91 Å². The molecule has 0 saturated heterocycles. The number of anilines is 1. The van der Waals surface area contributed by atoms with Crippen molar-refractivity contribution in [2.45, 2.75) is 30.0 Å². The first-order chi connectivity index (χ1) is 17.7. The van der Waals surface area contributed by atoms with Gasteiger partial charge in [0.15, 0.2) is 10.1 Å². The van der Waals surface area contributed by atoms with Crippen LogP contribution in [0, 0.1) is 19.7 Å². The molecule has 0 fully saturated rings. The van der Waals surface area contributed by atoms with Crippen LogP contribution in [0.15, 0.2) is 64.2 Å². The molecule has 0 radical (unpaired) electrons. The molecule has 1 N–H and O–H groups in total. The normalized spacial score (nSPS) is 15.6. The topological polar surface area (TPSA) is 96.3 Å². The Morgan fingerprint density at radius 3 is 2.46 bits per heavy atom. The number of aryl methyl sites for hydroxylation is 2. The third kappa shape index (κ3) is 5.04. The number of hydrogen-bond acceptors (Lipinski definition) is 9. The van der Waals surface area contributed by atoms with Gasteiger partial charge < -0.3 is 5.11 Å². The number of rotatable bonds is 7. The summed E-state index contributed by atoms with van der Waals surface area (Å²) >= 11 is 9.84. The van der Waals surface area contributed by atoms with Crippen LogP contribution in [0.3, 0.4) is 0 Å². The van der Waals surface area contributed by atoms with E-state index in [4.69, 9.17) is 11.6 Å². The lowest BCUT2D eigenvalue weighted by Crippen LogP contribution is -2.31. The van der Waals surface area contributed by atoms with Gasteiger partial charge in [0, 0.05) is 10.8 Å². The van der Waals surface area contributed by atoms with E-state index in [0.717, 1.165) is 16.9 Å². The molecule has 1 atom stereocenters. The predicted molar refractivity (Wildman–Crippen MR) is 143 cm³/mol. The van der Waals surface area contributed by atoms with Crippen molar-refractivity contribution in [3.8, 4) is 0 Å². The molecule has 3 heterocycles. The van der Waals surface area contributed by atoms with E-state index < -0.39 is 23.5 Å². The fraction of sp³-hybridized carbons (Fsp3) is 0.160. The molecule has 1 aliphatic rings. The minimum Gasteiger partial charge on any atom is -0.503 e. The van der Waals surface area contributed by atoms with Crippen LogP contribution in [0.4, 0.5) is 9.52 Å². The molecule has 2 aromatic heterocycles. The maximum absolute atomic E-state index is 13.6. The monoisotopic (exact) mass is 572 g/mol. The fourth-order valence-corrected chi connectivity index (χ4v) is 6.77. The third-order valence-electron chi connectivity index (χ3n) is 5.63. The van der Waals surface area contributed by atoms with Gasteiger partial charge in [-0.3, -0.25) is 14.5 Å². The highest BCUT2D eigenvalue weighted by molar-refractivity contribution is 8.00. The second-order valence-corrected chi connectivity index (χ2v) is 12.0. The lowest BCUT2D eigenvalue weighted by Gasteiger charge is -2.24. The van der Waals surface area contributed by atoms with E-state index in [1.54, 1.807) is 50.2 Å². The summed E-state index contributed by atoms with van der Waals surface area (Å²) in [4.78, 5) is 32.9. The number of aliphatic hydroxyl groups is 1. The first kappa shape index (κ1) is 25.5. The Morgan fingerprint density at radius 1 is 1.11 bits per heavy atom. The van der Waals surface area contributed by atoms with Crippen LogP contribution in [0.2, 0.25) is 5.02 Å². The fourth-order valence-electron chi connectivity index (χ4n) is 3.94. The van der Waals surface area contributed by atoms with Gasteiger partial charge in [0.05, 0.1) is 27.2 Å². The standard InChI is InChI=1S/C25H18ClFN4O3S3/c1-12-22(36-13(2)28-12)20(32)18-19(15-5-7-16(26)8-6-15)31(23(34)21(18)33)24-29-30-25(37-24)35-11-14-3-9-17(27)10-4-14/h3-10,19,33H,11H2,1-2H3. The number of aromatic nitrogens is 3. The summed E-state index contributed by atoms with van der Waals surface area (Å²) < 4.78 is 13.8. The lowest BCUT2D eigenvalue weighted by molar-refractivity contribution is -0.117. The molecule has 12 heteroatoms. The van der Waals surface area contributed by atoms with Crippen molar-refractivity contribution in [3.63, 3.8) is 0 Å². The zero-order chi connectivity index (χ0) is 26.3. The van der Waals surface area contributed by atoms with E-state index in [0.29, 0.717) is 36.3 Å². The highest BCUT2D eigenvalue weighted by Crippen LogP contribution is 2.44. The summed E-state index contributed by atoms with van der Waals surface area (Å²) in [5.41, 5.74) is 1.97. The molecule has 1 amide bonds. The maximum Gasteiger partial charge on any atom is 0.296 e. The number of amides is 1. The van der Waals surface area contributed by atoms with E-state index in [-0.39, 0.29) is 16.5 Å². The molecule has 0 bridgehead atoms. The zero-order valence-electron chi connectivity index (χ0n) is 19.4. The Labute approximate surface area is 228 Å². The number of thiazole rings is 1. The first-order valence-electron chi connectivity index (χ1n) is 10.9. The number of carbonyl (C=O) groups excluding carboxylic acids is 2. The van der Waals surface area contributed by atoms with Crippen molar-refractivity contribution in [2.75, 3.05) is 4.90 Å². The highest BCUT2D eigenvalue weighted by atomic mass is 35.5. The Balaban J connectivity index is 1.50. The third-order valence-corrected chi connectivity index (χ3v) is 9.08. The molecule has 1 aliphatic heterocycles. The first-order valence-corrected chi connectivity index (χ1v) is 13.9. The minimum atomic E-state index is -0.929. The molecule has 0 aliphatic carbocycles. The van der Waals surface area contributed by atoms with Crippen LogP contribution in [-0.2, 0) is 10.5 Å². The molecule has 0 spiro atoms. The Hall–Kier alpha value is -3.12. The average molecular weight is 573 g/mol. The quantitative estimate of drug-likeness (QED) is 0.154. The van der Waals surface area contributed by atoms with Crippen molar-refractivity contribution >= 4 is 62.9 Å². The lowest BCUT2D eigenvalue weighted by atomic mass is 9.95. The Bertz CT molecular complexity index is 1530. The van der Waals surface area contributed by atoms with Crippen LogP contribution < -0.4 is 4.90 Å². The number of ketones is 1. The van der Waals surface area contributed by atoms with Crippen LogP contribution in [0.5, 0.6) is 0 Å². The van der Waals surface area contributed by atoms with Crippen molar-refractivity contribution in [1.82, 2.24) is 15.2 Å². The summed E-state index contributed by atoms with van der Waals surface area (Å²) in [5.74, 6) is -1.62. The van der Waals surface area contributed by atoms with Gasteiger partial charge >= 0.3 is 0 Å². The van der Waals surface area contributed by atoms with Gasteiger partial charge in [0.2, 0.25) is 10.9 Å². The second kappa shape index (κ2) is 10.3. The van der Waals surface area contributed by atoms with Gasteiger partial charge in [0.1, 0.15) is 5.82 Å². The average Bonchev–Trinajstić information content (AvgIpc) is 3.55. The Morgan fingerprint density at radius 2 is 1.81 bits per heavy atom. The smallest absolute Gasteiger partial charge is 0.296 e. The number of nitrogens with zero attached hydrogens (tertiary/aromatic N) is 4. The highest BCUT2D eigenvalue weighted by Gasteiger charge is 2.46. The number of hydrogen-bond donors (Lipinski definition) is 1. The number of halogens is 2. The molecule has 1 unspecified atom stereocenters. The largest absolute Gasteiger partial charge is 0.503 e. The summed E-state index contributed by atoms with van der Waals surface area (Å²) in [6, 6.07) is 11.9. The van der Waals surface area contributed by atoms with E-state index >= 15 is 0 Å². The van der Waals surface area contributed by atoms with Crippen LogP contribution >= 0.6 is 46.0 Å². The molecule has 37 heavy (non-hydrogen) atoms. The summed E-state index contributed by atoms with van der Waals surface area (Å²) in [6.45, 7) is 3.51. The molecule has 7 nitrogen and oxygen atoms in total. The molecule has 5 rings (SSSR count). The SMILES string of the molecule is Cc1nc(C)c(C(=O)C2=C(O)C(=O)N(c3nnc(SCc4ccc(F)cc4)s3)C2c2ccc(Cl)cc2)s1. The number of benzene rings is 2. The Kier molecular flexibility index (Phi) is 7.13. The van der Waals surface area contributed by atoms with E-state index in [1.165, 1.54) is 40.1 Å². The van der Waals surface area contributed by atoms with Gasteiger partial charge in [-0.25, -0.2) is 9.37 Å². The molecule has 188 valence electrons. The van der Waals surface area contributed by atoms with Crippen molar-refractivity contribution in [1.29, 1.82) is 0 Å². The minimum absolute atomic E-state index is 0.0465. The van der Waals surface area contributed by atoms with Crippen molar-refractivity contribution < 1.29 is 19.1 Å². The van der Waals surface area contributed by atoms with E-state index in [9.17, 15) is 19.1 Å². The molecule has 0 saturated carbocycles. The van der Waals surface area contributed by atoms with Crippen LogP contribution in [-0.4, -0.2) is 32.0 Å². The van der Waals surface area contributed by atoms with Crippen LogP contribution in [0.25, 0.3) is 0 Å². The number of aliphatic hydroxyl groups excluding tert-OH is 1. The van der Waals surface area contributed by atoms with Crippen molar-refractivity contribution in [3.05, 3.63) is 97.4 Å². The van der Waals surface area contributed by atoms with Crippen LogP contribution in [0.1, 0.15) is 37.5 Å². The zero-order valence-corrected chi connectivity index (χ0v) is 22.6. The predicted octanol–water partition coefficient (Wildman–Crippen LogP) is 6.48. The molecule has 4 aromatic rings. The van der Waals surface area contributed by atoms with E-state index in [1.807, 2.05) is 0 Å². The van der Waals surface area contributed by atoms with Gasteiger partial charge in [-0.2, -0.15) is 0 Å². The summed E-state index contributed by atoms with van der Waals surface area (Å²) in [5, 5.41) is 20.8. The van der Waals surface area contributed by atoms with Gasteiger partial charge in [-0.15, -0.1) is 21.5 Å². The molecular formula is C25H18ClFN4O3S3. The number of Topliss-reactive ketones (excluding diaryl/α,β-unsaturated/α-hetero) is 1. The number of carbonyl (C=O) groups is 2. The summed E-state index contributed by atoms with van der Waals surface area (Å²) in [6.07, 6.45) is 0. The number of thioether (sulfide) groups is 1. The second-order valence-electron chi connectivity index (χ2n) is 8.13. The summed E-state index contributed by atoms with van der Waals surface area (Å²) in [7, 11) is 0. The van der Waals surface area contributed by atoms with E-state index in [2.05, 4.69) is 15.2 Å². The van der Waals surface area contributed by atoms with Gasteiger partial charge in [-0.1, -0.05) is 59.0 Å². The van der Waals surface area contributed by atoms with Crippen molar-refractivity contribution in [2.24, 2.45) is 0 Å². The molecular weight excluding hydrogens is 555 g/mol. The molecule has 2 aromatic carbocycles. The van der Waals surface area contributed by atoms with Gasteiger partial charge in [-0.05, 0) is 49.2 Å².